The smallest absolute Gasteiger partial charge is 0.478 e. The van der Waals surface area contributed by atoms with E-state index in [9.17, 15) is 9.59 Å². The molecule has 5 heteroatoms. The molecule has 0 aliphatic rings. The van der Waals surface area contributed by atoms with Crippen molar-refractivity contribution >= 4 is 18.2 Å². The first-order valence-corrected chi connectivity index (χ1v) is 4.38. The molecule has 0 atom stereocenters. The van der Waals surface area contributed by atoms with Crippen LogP contribution in [0.1, 0.15) is 5.56 Å². The third kappa shape index (κ3) is 3.83. The van der Waals surface area contributed by atoms with Gasteiger partial charge in [0.2, 0.25) is 0 Å². The quantitative estimate of drug-likeness (QED) is 0.480. The maximum absolute atomic E-state index is 10.8. The summed E-state index contributed by atoms with van der Waals surface area (Å²) in [4.78, 5) is 21.1. The molecule has 0 aliphatic carbocycles. The minimum absolute atomic E-state index is 0.291. The fourth-order valence-electron chi connectivity index (χ4n) is 0.987. The molecule has 0 fully saturated rings. The first kappa shape index (κ1) is 11.8. The summed E-state index contributed by atoms with van der Waals surface area (Å²) in [6.07, 6.45) is 1.57. The summed E-state index contributed by atoms with van der Waals surface area (Å²) >= 11 is 0. The normalized spacial score (nSPS) is 10.1. The van der Waals surface area contributed by atoms with Gasteiger partial charge < -0.3 is 14.6 Å². The first-order valence-electron chi connectivity index (χ1n) is 4.38. The Hall–Kier alpha value is -2.30. The Balaban J connectivity index is 2.78. The van der Waals surface area contributed by atoms with Gasteiger partial charge in [-0.25, -0.2) is 9.59 Å². The molecule has 0 heterocycles. The van der Waals surface area contributed by atoms with Crippen LogP contribution in [0.3, 0.4) is 0 Å². The highest BCUT2D eigenvalue weighted by atomic mass is 16.7. The predicted octanol–water partition coefficient (Wildman–Crippen LogP) is 1.93. The maximum Gasteiger partial charge on any atom is 0.513 e. The van der Waals surface area contributed by atoms with Crippen molar-refractivity contribution in [3.05, 3.63) is 35.9 Å². The summed E-state index contributed by atoms with van der Waals surface area (Å²) in [5.41, 5.74) is 0.615. The zero-order chi connectivity index (χ0) is 12.0. The Morgan fingerprint density at radius 3 is 2.75 bits per heavy atom. The molecule has 1 aromatic carbocycles. The van der Waals surface area contributed by atoms with E-state index in [0.29, 0.717) is 11.3 Å². The van der Waals surface area contributed by atoms with E-state index >= 15 is 0 Å². The van der Waals surface area contributed by atoms with E-state index in [1.807, 2.05) is 0 Å². The van der Waals surface area contributed by atoms with E-state index in [1.54, 1.807) is 18.2 Å². The molecule has 0 radical (unpaired) electrons. The van der Waals surface area contributed by atoms with E-state index in [2.05, 4.69) is 4.74 Å². The van der Waals surface area contributed by atoms with Crippen molar-refractivity contribution in [3.63, 3.8) is 0 Å². The second kappa shape index (κ2) is 5.55. The molecule has 1 rings (SSSR count). The van der Waals surface area contributed by atoms with Gasteiger partial charge >= 0.3 is 12.1 Å². The molecular weight excluding hydrogens is 212 g/mol. The van der Waals surface area contributed by atoms with Gasteiger partial charge in [-0.05, 0) is 23.8 Å². The van der Waals surface area contributed by atoms with Gasteiger partial charge in [0.15, 0.2) is 0 Å². The Bertz CT molecular complexity index is 422. The highest BCUT2D eigenvalue weighted by molar-refractivity contribution is 5.85. The molecule has 0 amide bonds. The Morgan fingerprint density at radius 2 is 2.12 bits per heavy atom. The first-order chi connectivity index (χ1) is 7.61. The number of hydrogen-bond acceptors (Lipinski definition) is 4. The molecule has 16 heavy (non-hydrogen) atoms. The van der Waals surface area contributed by atoms with Gasteiger partial charge in [-0.3, -0.25) is 0 Å². The van der Waals surface area contributed by atoms with Crippen molar-refractivity contribution in [2.75, 3.05) is 7.11 Å². The van der Waals surface area contributed by atoms with Crippen molar-refractivity contribution in [3.8, 4) is 5.75 Å². The number of carbonyl (C=O) groups is 2. The molecule has 1 aromatic rings. The van der Waals surface area contributed by atoms with Crippen LogP contribution >= 0.6 is 0 Å². The SMILES string of the molecule is COC(=O)Oc1cccc(C=CC(=O)O)c1. The van der Waals surface area contributed by atoms with Crippen molar-refractivity contribution in [2.45, 2.75) is 0 Å². The van der Waals surface area contributed by atoms with Crippen LogP contribution in [0.4, 0.5) is 4.79 Å². The number of hydrogen-bond donors (Lipinski definition) is 1. The highest BCUT2D eigenvalue weighted by Crippen LogP contribution is 2.14. The van der Waals surface area contributed by atoms with Gasteiger partial charge in [-0.2, -0.15) is 0 Å². The lowest BCUT2D eigenvalue weighted by Gasteiger charge is -2.02. The van der Waals surface area contributed by atoms with E-state index in [4.69, 9.17) is 9.84 Å². The summed E-state index contributed by atoms with van der Waals surface area (Å²) in [5, 5.41) is 8.44. The summed E-state index contributed by atoms with van der Waals surface area (Å²) < 4.78 is 9.09. The molecule has 0 bridgehead atoms. The van der Waals surface area contributed by atoms with E-state index in [1.165, 1.54) is 19.3 Å². The van der Waals surface area contributed by atoms with Gasteiger partial charge in [-0.1, -0.05) is 12.1 Å². The van der Waals surface area contributed by atoms with Crippen LogP contribution in [0.15, 0.2) is 30.3 Å². The molecule has 0 aliphatic heterocycles. The van der Waals surface area contributed by atoms with Crippen LogP contribution in [-0.4, -0.2) is 24.3 Å². The van der Waals surface area contributed by atoms with Gasteiger partial charge in [0.1, 0.15) is 5.75 Å². The highest BCUT2D eigenvalue weighted by Gasteiger charge is 2.02. The third-order valence-corrected chi connectivity index (χ3v) is 1.64. The zero-order valence-electron chi connectivity index (χ0n) is 8.54. The molecule has 0 aromatic heterocycles. The van der Waals surface area contributed by atoms with Gasteiger partial charge in [0, 0.05) is 6.08 Å². The fraction of sp³-hybridized carbons (Fsp3) is 0.0909. The molecular formula is C11H10O5. The minimum atomic E-state index is -1.04. The third-order valence-electron chi connectivity index (χ3n) is 1.64. The van der Waals surface area contributed by atoms with Gasteiger partial charge in [0.05, 0.1) is 7.11 Å². The molecule has 0 saturated carbocycles. The average Bonchev–Trinajstić information content (AvgIpc) is 2.26. The standard InChI is InChI=1S/C11H10O5/c1-15-11(14)16-9-4-2-3-8(7-9)5-6-10(12)13/h2-7H,1H3,(H,12,13). The summed E-state index contributed by atoms with van der Waals surface area (Å²) in [5.74, 6) is -0.751. The van der Waals surface area contributed by atoms with E-state index in [-0.39, 0.29) is 0 Å². The molecule has 0 spiro atoms. The van der Waals surface area contributed by atoms with Crippen molar-refractivity contribution in [1.29, 1.82) is 0 Å². The number of aliphatic carboxylic acids is 1. The number of carbonyl (C=O) groups excluding carboxylic acids is 1. The number of methoxy groups -OCH3 is 1. The van der Waals surface area contributed by atoms with Crippen molar-refractivity contribution in [2.24, 2.45) is 0 Å². The zero-order valence-corrected chi connectivity index (χ0v) is 8.54. The van der Waals surface area contributed by atoms with E-state index in [0.717, 1.165) is 6.08 Å². The second-order valence-corrected chi connectivity index (χ2v) is 2.80. The summed E-state index contributed by atoms with van der Waals surface area (Å²) in [6.45, 7) is 0. The Kier molecular flexibility index (Phi) is 4.08. The van der Waals surface area contributed by atoms with Crippen LogP contribution in [0.5, 0.6) is 5.75 Å². The van der Waals surface area contributed by atoms with Gasteiger partial charge in [-0.15, -0.1) is 0 Å². The molecule has 0 saturated heterocycles. The predicted molar refractivity (Wildman–Crippen MR) is 56.1 cm³/mol. The van der Waals surface area contributed by atoms with E-state index < -0.39 is 12.1 Å². The average molecular weight is 222 g/mol. The monoisotopic (exact) mass is 222 g/mol. The minimum Gasteiger partial charge on any atom is -0.478 e. The van der Waals surface area contributed by atoms with Crippen LogP contribution in [0.25, 0.3) is 6.08 Å². The van der Waals surface area contributed by atoms with Crippen molar-refractivity contribution in [1.82, 2.24) is 0 Å². The fourth-order valence-corrected chi connectivity index (χ4v) is 0.987. The molecule has 5 nitrogen and oxygen atoms in total. The Labute approximate surface area is 91.9 Å². The lowest BCUT2D eigenvalue weighted by atomic mass is 10.2. The van der Waals surface area contributed by atoms with Crippen molar-refractivity contribution < 1.29 is 24.2 Å². The Morgan fingerprint density at radius 1 is 1.38 bits per heavy atom. The largest absolute Gasteiger partial charge is 0.513 e. The number of carboxylic acid groups (broad SMARTS) is 1. The molecule has 84 valence electrons. The molecule has 0 unspecified atom stereocenters. The second-order valence-electron chi connectivity index (χ2n) is 2.80. The number of carboxylic acids is 1. The molecule has 1 N–H and O–H groups in total. The van der Waals surface area contributed by atoms with Crippen LogP contribution in [0, 0.1) is 0 Å². The number of benzene rings is 1. The lowest BCUT2D eigenvalue weighted by molar-refractivity contribution is -0.131. The van der Waals surface area contributed by atoms with Crippen LogP contribution in [0.2, 0.25) is 0 Å². The van der Waals surface area contributed by atoms with Crippen LogP contribution in [-0.2, 0) is 9.53 Å². The lowest BCUT2D eigenvalue weighted by Crippen LogP contribution is -2.07. The number of rotatable bonds is 3. The summed E-state index contributed by atoms with van der Waals surface area (Å²) in [7, 11) is 1.20. The maximum atomic E-state index is 10.8. The topological polar surface area (TPSA) is 72.8 Å². The van der Waals surface area contributed by atoms with Gasteiger partial charge in [0.25, 0.3) is 0 Å². The number of ether oxygens (including phenoxy) is 2. The summed E-state index contributed by atoms with van der Waals surface area (Å²) in [6, 6.07) is 6.41. The van der Waals surface area contributed by atoms with Crippen LogP contribution < -0.4 is 4.74 Å².